The number of anilines is 1. The molecule has 6 rings (SSSR count). The number of nitrogens with zero attached hydrogens (tertiary/aromatic N) is 6. The number of alkyl halides is 1. The number of benzene rings is 1. The number of likely N-dealkylation sites (tertiary alicyclic amines) is 1. The maximum atomic E-state index is 14.2. The summed E-state index contributed by atoms with van der Waals surface area (Å²) in [5, 5.41) is 7.61. The highest BCUT2D eigenvalue weighted by molar-refractivity contribution is 6.09. The van der Waals surface area contributed by atoms with Crippen molar-refractivity contribution in [3.8, 4) is 11.5 Å². The van der Waals surface area contributed by atoms with E-state index in [-0.39, 0.29) is 12.2 Å². The standard InChI is InChI=1S/C26H30FN9O/c1-16-11-19(3-4-23(16)37-20-6-10-35-24(12-20)29-15-30-35)32-26-25-18(5-9-36(25)33-17(2)31-26)13-34-8-7-22(28)21(27)14-34/h3-6,9-12,15,17,21-22,33H,7-8,13-14,28H2,1-2H3,(H,31,32)/t17?,21-,22-/m1/s1. The SMILES string of the molecule is Cc1cc(NC2=NC(C)Nn3ccc(CN4CC[C@@H](N)[C@H](F)C4)c32)ccc1Oc1ccn2ncnc2c1. The molecule has 0 aliphatic carbocycles. The van der Waals surface area contributed by atoms with Crippen LogP contribution in [0.15, 0.2) is 60.1 Å². The molecule has 10 nitrogen and oxygen atoms in total. The van der Waals surface area contributed by atoms with Crippen LogP contribution in [0.3, 0.4) is 0 Å². The number of halogens is 1. The maximum Gasteiger partial charge on any atom is 0.158 e. The van der Waals surface area contributed by atoms with Crippen molar-refractivity contribution in [2.75, 3.05) is 23.8 Å². The topological polar surface area (TPSA) is 110 Å². The smallest absolute Gasteiger partial charge is 0.158 e. The number of piperidine rings is 1. The third kappa shape index (κ3) is 4.75. The largest absolute Gasteiger partial charge is 0.457 e. The van der Waals surface area contributed by atoms with Crippen molar-refractivity contribution in [2.45, 2.75) is 45.2 Å². The van der Waals surface area contributed by atoms with Crippen LogP contribution in [0.25, 0.3) is 5.65 Å². The van der Waals surface area contributed by atoms with Crippen LogP contribution in [-0.4, -0.2) is 61.5 Å². The summed E-state index contributed by atoms with van der Waals surface area (Å²) in [6, 6.07) is 11.3. The Morgan fingerprint density at radius 3 is 2.95 bits per heavy atom. The molecule has 5 heterocycles. The van der Waals surface area contributed by atoms with E-state index >= 15 is 0 Å². The average Bonchev–Trinajstić information content (AvgIpc) is 3.50. The van der Waals surface area contributed by atoms with Gasteiger partial charge in [-0.3, -0.25) is 9.58 Å². The Bertz CT molecular complexity index is 1460. The number of hydrogen-bond donors (Lipinski definition) is 3. The van der Waals surface area contributed by atoms with Gasteiger partial charge in [0.1, 0.15) is 35.9 Å². The van der Waals surface area contributed by atoms with Gasteiger partial charge in [0.2, 0.25) is 0 Å². The Morgan fingerprint density at radius 1 is 1.22 bits per heavy atom. The van der Waals surface area contributed by atoms with Crippen LogP contribution >= 0.6 is 0 Å². The number of hydrogen-bond acceptors (Lipinski definition) is 8. The van der Waals surface area contributed by atoms with Gasteiger partial charge in [-0.05, 0) is 61.7 Å². The molecular weight excluding hydrogens is 473 g/mol. The molecule has 37 heavy (non-hydrogen) atoms. The zero-order chi connectivity index (χ0) is 25.5. The Labute approximate surface area is 213 Å². The lowest BCUT2D eigenvalue weighted by atomic mass is 10.0. The molecule has 11 heteroatoms. The first-order chi connectivity index (χ1) is 17.9. The van der Waals surface area contributed by atoms with Gasteiger partial charge in [0, 0.05) is 49.8 Å². The van der Waals surface area contributed by atoms with Gasteiger partial charge in [0.05, 0.1) is 0 Å². The minimum absolute atomic E-state index is 0.103. The van der Waals surface area contributed by atoms with Gasteiger partial charge in [-0.25, -0.2) is 18.9 Å². The first-order valence-corrected chi connectivity index (χ1v) is 12.4. The molecule has 2 aliphatic rings. The van der Waals surface area contributed by atoms with E-state index in [1.165, 1.54) is 6.33 Å². The van der Waals surface area contributed by atoms with Crippen molar-refractivity contribution in [2.24, 2.45) is 10.7 Å². The van der Waals surface area contributed by atoms with Crippen molar-refractivity contribution in [3.05, 3.63) is 71.9 Å². The van der Waals surface area contributed by atoms with E-state index in [9.17, 15) is 4.39 Å². The van der Waals surface area contributed by atoms with Crippen LogP contribution in [-0.2, 0) is 6.54 Å². The number of aliphatic imine (C=N–C) groups is 1. The van der Waals surface area contributed by atoms with Crippen LogP contribution in [0.1, 0.15) is 30.2 Å². The molecular formula is C26H30FN9O. The van der Waals surface area contributed by atoms with Gasteiger partial charge >= 0.3 is 0 Å². The average molecular weight is 504 g/mol. The van der Waals surface area contributed by atoms with Crippen molar-refractivity contribution >= 4 is 17.2 Å². The molecule has 0 spiro atoms. The first-order valence-electron chi connectivity index (χ1n) is 12.4. The van der Waals surface area contributed by atoms with E-state index < -0.39 is 6.17 Å². The maximum absolute atomic E-state index is 14.2. The summed E-state index contributed by atoms with van der Waals surface area (Å²) in [6.45, 7) is 5.76. The second-order valence-electron chi connectivity index (χ2n) is 9.68. The lowest BCUT2D eigenvalue weighted by Crippen LogP contribution is -2.48. The second kappa shape index (κ2) is 9.49. The number of rotatable bonds is 5. The molecule has 2 aliphatic heterocycles. The zero-order valence-electron chi connectivity index (χ0n) is 20.8. The lowest BCUT2D eigenvalue weighted by molar-refractivity contribution is 0.114. The number of aryl methyl sites for hydroxylation is 1. The van der Waals surface area contributed by atoms with Crippen molar-refractivity contribution in [1.29, 1.82) is 0 Å². The minimum atomic E-state index is -1.00. The summed E-state index contributed by atoms with van der Waals surface area (Å²) in [4.78, 5) is 11.2. The molecule has 1 fully saturated rings. The normalized spacial score (nSPS) is 21.8. The summed E-state index contributed by atoms with van der Waals surface area (Å²) >= 11 is 0. The summed E-state index contributed by atoms with van der Waals surface area (Å²) < 4.78 is 24.0. The van der Waals surface area contributed by atoms with Crippen molar-refractivity contribution < 1.29 is 9.13 Å². The Morgan fingerprint density at radius 2 is 2.11 bits per heavy atom. The number of pyridine rings is 1. The van der Waals surface area contributed by atoms with E-state index in [2.05, 4.69) is 31.8 Å². The van der Waals surface area contributed by atoms with Gasteiger partial charge in [-0.15, -0.1) is 0 Å². The van der Waals surface area contributed by atoms with Crippen molar-refractivity contribution in [3.63, 3.8) is 0 Å². The van der Waals surface area contributed by atoms with Gasteiger partial charge < -0.3 is 21.2 Å². The van der Waals surface area contributed by atoms with Crippen LogP contribution in [0.2, 0.25) is 0 Å². The third-order valence-corrected chi connectivity index (χ3v) is 6.83. The highest BCUT2D eigenvalue weighted by Crippen LogP contribution is 2.29. The van der Waals surface area contributed by atoms with Gasteiger partial charge in [0.15, 0.2) is 11.5 Å². The highest BCUT2D eigenvalue weighted by atomic mass is 19.1. The Hall–Kier alpha value is -3.96. The summed E-state index contributed by atoms with van der Waals surface area (Å²) in [7, 11) is 0. The summed E-state index contributed by atoms with van der Waals surface area (Å²) in [5.41, 5.74) is 13.8. The molecule has 4 aromatic rings. The molecule has 1 aromatic carbocycles. The third-order valence-electron chi connectivity index (χ3n) is 6.83. The van der Waals surface area contributed by atoms with E-state index in [1.807, 2.05) is 61.2 Å². The predicted molar refractivity (Wildman–Crippen MR) is 140 cm³/mol. The molecule has 3 aromatic heterocycles. The predicted octanol–water partition coefficient (Wildman–Crippen LogP) is 3.26. The lowest BCUT2D eigenvalue weighted by Gasteiger charge is -2.33. The van der Waals surface area contributed by atoms with Crippen LogP contribution in [0.5, 0.6) is 11.5 Å². The van der Waals surface area contributed by atoms with Crippen LogP contribution in [0.4, 0.5) is 10.1 Å². The number of amidine groups is 1. The molecule has 0 radical (unpaired) electrons. The number of ether oxygens (including phenoxy) is 1. The van der Waals surface area contributed by atoms with E-state index in [4.69, 9.17) is 15.5 Å². The van der Waals surface area contributed by atoms with Crippen LogP contribution in [0, 0.1) is 6.92 Å². The van der Waals surface area contributed by atoms with Crippen molar-refractivity contribution in [1.82, 2.24) is 24.2 Å². The molecule has 0 bridgehead atoms. The van der Waals surface area contributed by atoms with E-state index in [0.717, 1.165) is 46.3 Å². The molecule has 1 unspecified atom stereocenters. The van der Waals surface area contributed by atoms with Gasteiger partial charge in [-0.2, -0.15) is 5.10 Å². The molecule has 4 N–H and O–H groups in total. The van der Waals surface area contributed by atoms with E-state index in [1.54, 1.807) is 4.52 Å². The monoisotopic (exact) mass is 503 g/mol. The minimum Gasteiger partial charge on any atom is -0.457 e. The number of aromatic nitrogens is 4. The zero-order valence-corrected chi connectivity index (χ0v) is 20.8. The van der Waals surface area contributed by atoms with Gasteiger partial charge in [-0.1, -0.05) is 0 Å². The number of nitrogens with one attached hydrogen (secondary N) is 2. The number of nitrogens with two attached hydrogens (primary N) is 1. The summed E-state index contributed by atoms with van der Waals surface area (Å²) in [5.74, 6) is 2.21. The fourth-order valence-corrected chi connectivity index (χ4v) is 4.89. The molecule has 1 saturated heterocycles. The van der Waals surface area contributed by atoms with Crippen LogP contribution < -0.4 is 21.2 Å². The second-order valence-corrected chi connectivity index (χ2v) is 9.68. The Kier molecular flexibility index (Phi) is 6.01. The Balaban J connectivity index is 1.20. The number of fused-ring (bicyclic) bond motifs is 2. The molecule has 0 saturated carbocycles. The first kappa shape index (κ1) is 23.4. The highest BCUT2D eigenvalue weighted by Gasteiger charge is 2.28. The summed E-state index contributed by atoms with van der Waals surface area (Å²) in [6.07, 6.45) is 4.88. The quantitative estimate of drug-likeness (QED) is 0.383. The fourth-order valence-electron chi connectivity index (χ4n) is 4.89. The molecule has 0 amide bonds. The van der Waals surface area contributed by atoms with Gasteiger partial charge in [0.25, 0.3) is 0 Å². The van der Waals surface area contributed by atoms with E-state index in [0.29, 0.717) is 25.3 Å². The molecule has 3 atom stereocenters. The fraction of sp³-hybridized carbons (Fsp3) is 0.346. The molecule has 192 valence electrons.